The third kappa shape index (κ3) is 10.8. The van der Waals surface area contributed by atoms with Crippen molar-refractivity contribution in [1.29, 1.82) is 0 Å². The average Bonchev–Trinajstić information content (AvgIpc) is 3.05. The second-order valence-corrected chi connectivity index (χ2v) is 14.9. The highest BCUT2D eigenvalue weighted by Gasteiger charge is 2.28. The van der Waals surface area contributed by atoms with Crippen LogP contribution in [0.2, 0.25) is 0 Å². The number of para-hydroxylation sites is 2. The number of phosphoric acid groups is 1. The maximum Gasteiger partial charge on any atom is 0.532 e. The Morgan fingerprint density at radius 2 is 1.35 bits per heavy atom. The number of phosphoric ester groups is 1. The topological polar surface area (TPSA) is 98.8 Å². The minimum Gasteiger partial charge on any atom is -0.466 e. The van der Waals surface area contributed by atoms with Gasteiger partial charge in [-0.15, -0.1) is 0 Å². The number of allylic oxidation sites excluding steroid dienone is 1. The van der Waals surface area contributed by atoms with Gasteiger partial charge in [-0.25, -0.2) is 13.7 Å². The molecule has 0 saturated heterocycles. The summed E-state index contributed by atoms with van der Waals surface area (Å²) in [6, 6.07) is 27.3. The average molecular weight is 695 g/mol. The van der Waals surface area contributed by atoms with Crippen molar-refractivity contribution in [1.82, 2.24) is 0 Å². The summed E-state index contributed by atoms with van der Waals surface area (Å²) in [7, 11) is -6.32. The molecule has 0 amide bonds. The van der Waals surface area contributed by atoms with E-state index in [-0.39, 0.29) is 6.79 Å². The summed E-state index contributed by atoms with van der Waals surface area (Å²) in [4.78, 5) is 0. The zero-order valence-electron chi connectivity index (χ0n) is 28.2. The quantitative estimate of drug-likeness (QED) is 0.0539. The Kier molecular flexibility index (Phi) is 13.5. The highest BCUT2D eigenvalue weighted by atomic mass is 31.2. The fourth-order valence-electron chi connectivity index (χ4n) is 4.86. The zero-order valence-corrected chi connectivity index (χ0v) is 30.0. The van der Waals surface area contributed by atoms with Gasteiger partial charge in [0.15, 0.2) is 6.79 Å². The first-order chi connectivity index (χ1) is 23.0. The predicted octanol–water partition coefficient (Wildman–Crippen LogP) is 10.9. The molecule has 4 aromatic carbocycles. The summed E-state index contributed by atoms with van der Waals surface area (Å²) >= 11 is 0. The van der Waals surface area contributed by atoms with Crippen LogP contribution in [0.3, 0.4) is 0 Å². The van der Waals surface area contributed by atoms with E-state index in [1.165, 1.54) is 13.8 Å². The molecule has 48 heavy (non-hydrogen) atoms. The summed E-state index contributed by atoms with van der Waals surface area (Å²) in [6.07, 6.45) is 3.79. The molecule has 0 saturated carbocycles. The summed E-state index contributed by atoms with van der Waals surface area (Å²) in [5.74, 6) is 1.59. The smallest absolute Gasteiger partial charge is 0.466 e. The molecule has 0 spiro atoms. The summed E-state index contributed by atoms with van der Waals surface area (Å²) < 4.78 is 66.6. The van der Waals surface area contributed by atoms with Crippen LogP contribution in [0.4, 0.5) is 0 Å². The van der Waals surface area contributed by atoms with E-state index in [4.69, 9.17) is 32.1 Å². The molecule has 9 nitrogen and oxygen atoms in total. The Balaban J connectivity index is 1.70. The van der Waals surface area contributed by atoms with Crippen molar-refractivity contribution >= 4 is 21.0 Å². The van der Waals surface area contributed by atoms with E-state index in [0.717, 1.165) is 53.5 Å². The van der Waals surface area contributed by atoms with E-state index < -0.39 is 22.2 Å². The van der Waals surface area contributed by atoms with Gasteiger partial charge in [0.2, 0.25) is 6.79 Å². The molecule has 0 aromatic heterocycles. The van der Waals surface area contributed by atoms with Crippen molar-refractivity contribution in [2.45, 2.75) is 46.5 Å². The van der Waals surface area contributed by atoms with Crippen LogP contribution in [-0.2, 0) is 29.1 Å². The molecule has 256 valence electrons. The van der Waals surface area contributed by atoms with Gasteiger partial charge in [-0.3, -0.25) is 9.05 Å². The molecule has 4 aromatic rings. The lowest BCUT2D eigenvalue weighted by Gasteiger charge is -2.22. The van der Waals surface area contributed by atoms with Gasteiger partial charge in [0.05, 0.1) is 12.2 Å². The first kappa shape index (κ1) is 37.0. The molecule has 0 aliphatic heterocycles. The molecule has 0 radical (unpaired) electrons. The Hall–Kier alpha value is -3.84. The van der Waals surface area contributed by atoms with Gasteiger partial charge >= 0.3 is 15.4 Å². The van der Waals surface area contributed by atoms with E-state index in [9.17, 15) is 9.13 Å². The second-order valence-electron chi connectivity index (χ2n) is 11.2. The lowest BCUT2D eigenvalue weighted by molar-refractivity contribution is 0.0779. The van der Waals surface area contributed by atoms with Crippen LogP contribution in [0.25, 0.3) is 16.7 Å². The van der Waals surface area contributed by atoms with E-state index in [1.807, 2.05) is 56.3 Å². The molecule has 4 rings (SSSR count). The number of hydrogen-bond donors (Lipinski definition) is 0. The SMILES string of the molecule is C=C(C)c1ccc(C)cc1-c1c(OCOP(C)(=O)Oc2ccccc2)cc(CCCCC)cc1OCOP(=O)(OC)Oc1ccccc1. The first-order valence-corrected chi connectivity index (χ1v) is 19.2. The molecule has 0 heterocycles. The maximum atomic E-state index is 13.3. The normalized spacial score (nSPS) is 13.6. The largest absolute Gasteiger partial charge is 0.532 e. The highest BCUT2D eigenvalue weighted by molar-refractivity contribution is 7.53. The van der Waals surface area contributed by atoms with Crippen LogP contribution in [-0.4, -0.2) is 27.4 Å². The van der Waals surface area contributed by atoms with Gasteiger partial charge in [0.25, 0.3) is 0 Å². The van der Waals surface area contributed by atoms with Crippen molar-refractivity contribution in [2.24, 2.45) is 0 Å². The number of benzene rings is 4. The molecular formula is C37H44O9P2. The highest BCUT2D eigenvalue weighted by Crippen LogP contribution is 2.50. The Bertz CT molecular complexity index is 1740. The number of aryl methyl sites for hydroxylation is 2. The van der Waals surface area contributed by atoms with Crippen molar-refractivity contribution in [3.8, 4) is 34.1 Å². The summed E-state index contributed by atoms with van der Waals surface area (Å²) in [6.45, 7) is 10.8. The van der Waals surface area contributed by atoms with Crippen molar-refractivity contribution in [3.05, 3.63) is 114 Å². The Morgan fingerprint density at radius 3 is 1.92 bits per heavy atom. The lowest BCUT2D eigenvalue weighted by Crippen LogP contribution is -2.09. The molecule has 11 heteroatoms. The van der Waals surface area contributed by atoms with Gasteiger partial charge in [0, 0.05) is 7.11 Å². The van der Waals surface area contributed by atoms with E-state index in [2.05, 4.69) is 13.5 Å². The summed E-state index contributed by atoms with van der Waals surface area (Å²) in [5.41, 5.74) is 5.03. The van der Waals surface area contributed by atoms with Crippen molar-refractivity contribution < 1.29 is 41.2 Å². The number of unbranched alkanes of at least 4 members (excludes halogenated alkanes) is 2. The number of rotatable bonds is 19. The standard InChI is InChI=1S/C37H44O9P2/c1-7-8-11-16-30-24-35(41-26-43-47(6,38)45-31-17-12-9-13-18-31)37(34-23-29(4)21-22-33(34)28(2)3)36(25-30)42-27-44-48(39,40-5)46-32-19-14-10-15-20-32/h9-10,12-15,17-25H,2,7-8,11,16,26-27H2,1,3-6H3. The monoisotopic (exact) mass is 694 g/mol. The molecule has 0 bridgehead atoms. The molecule has 2 atom stereocenters. The minimum absolute atomic E-state index is 0.326. The fourth-order valence-corrected chi connectivity index (χ4v) is 6.46. The Morgan fingerprint density at radius 1 is 0.771 bits per heavy atom. The van der Waals surface area contributed by atoms with Gasteiger partial charge in [-0.2, -0.15) is 0 Å². The van der Waals surface area contributed by atoms with Gasteiger partial charge in [-0.1, -0.05) is 92.1 Å². The third-order valence-corrected chi connectivity index (χ3v) is 9.64. The molecule has 0 fully saturated rings. The van der Waals surface area contributed by atoms with Crippen molar-refractivity contribution in [2.75, 3.05) is 27.4 Å². The van der Waals surface area contributed by atoms with Crippen LogP contribution in [0.5, 0.6) is 23.0 Å². The molecular weight excluding hydrogens is 650 g/mol. The molecule has 0 N–H and O–H groups in total. The van der Waals surface area contributed by atoms with Crippen LogP contribution in [0.1, 0.15) is 49.8 Å². The van der Waals surface area contributed by atoms with Crippen LogP contribution < -0.4 is 18.5 Å². The van der Waals surface area contributed by atoms with Gasteiger partial charge in [0.1, 0.15) is 23.0 Å². The fraction of sp³-hybridized carbons (Fsp3) is 0.297. The minimum atomic E-state index is -4.03. The van der Waals surface area contributed by atoms with E-state index in [0.29, 0.717) is 28.6 Å². The first-order valence-electron chi connectivity index (χ1n) is 15.7. The second kappa shape index (κ2) is 17.5. The zero-order chi connectivity index (χ0) is 34.6. The van der Waals surface area contributed by atoms with E-state index >= 15 is 0 Å². The van der Waals surface area contributed by atoms with E-state index in [1.54, 1.807) is 48.5 Å². The van der Waals surface area contributed by atoms with Crippen LogP contribution >= 0.6 is 15.4 Å². The van der Waals surface area contributed by atoms with Crippen molar-refractivity contribution in [3.63, 3.8) is 0 Å². The van der Waals surface area contributed by atoms with Crippen LogP contribution in [0.15, 0.2) is 97.6 Å². The molecule has 0 aliphatic rings. The molecule has 0 aliphatic carbocycles. The predicted molar refractivity (Wildman–Crippen MR) is 190 cm³/mol. The van der Waals surface area contributed by atoms with Gasteiger partial charge in [-0.05, 0) is 79.8 Å². The van der Waals surface area contributed by atoms with Gasteiger partial charge < -0.3 is 18.5 Å². The Labute approximate surface area is 283 Å². The number of hydrogen-bond acceptors (Lipinski definition) is 9. The molecule has 2 unspecified atom stereocenters. The number of ether oxygens (including phenoxy) is 2. The lowest BCUT2D eigenvalue weighted by atomic mass is 9.91. The maximum absolute atomic E-state index is 13.3. The third-order valence-electron chi connectivity index (χ3n) is 7.22. The summed E-state index contributed by atoms with van der Waals surface area (Å²) in [5, 5.41) is 0. The van der Waals surface area contributed by atoms with Crippen LogP contribution in [0, 0.1) is 6.92 Å².